The first-order valence-electron chi connectivity index (χ1n) is 13.1. The second-order valence-electron chi connectivity index (χ2n) is 11.4. The molecule has 1 fully saturated rings. The van der Waals surface area contributed by atoms with Crippen LogP contribution < -0.4 is 0 Å². The quantitative estimate of drug-likeness (QED) is 0.265. The lowest BCUT2D eigenvalue weighted by Crippen LogP contribution is -2.27. The standard InChI is InChI=1S/C30H34FN3O4/c1-8-37-28(35)21-13-20(21)26-22-14-24-18(15-32-34(24)29(36)38-30(5,6)7)12-25(22)33(27(26)16(2)3)19-9-10-23(31)17(4)11-19/h9-12,14-16,20-21H,8,13H2,1-7H3/t20-,21+/m0/s1. The van der Waals surface area contributed by atoms with E-state index in [4.69, 9.17) is 9.47 Å². The van der Waals surface area contributed by atoms with E-state index in [1.165, 1.54) is 10.7 Å². The van der Waals surface area contributed by atoms with Crippen LogP contribution in [0.5, 0.6) is 0 Å². The maximum absolute atomic E-state index is 14.2. The molecule has 5 rings (SSSR count). The van der Waals surface area contributed by atoms with E-state index in [9.17, 15) is 14.0 Å². The minimum absolute atomic E-state index is 0.00732. The number of rotatable bonds is 5. The van der Waals surface area contributed by atoms with Crippen molar-refractivity contribution in [2.24, 2.45) is 5.92 Å². The monoisotopic (exact) mass is 519 g/mol. The maximum Gasteiger partial charge on any atom is 0.435 e. The van der Waals surface area contributed by atoms with E-state index in [2.05, 4.69) is 23.5 Å². The number of hydrogen-bond acceptors (Lipinski definition) is 5. The Morgan fingerprint density at radius 1 is 1.16 bits per heavy atom. The summed E-state index contributed by atoms with van der Waals surface area (Å²) in [6.45, 7) is 13.6. The number of esters is 1. The third kappa shape index (κ3) is 4.46. The van der Waals surface area contributed by atoms with Crippen molar-refractivity contribution in [2.45, 2.75) is 72.3 Å². The van der Waals surface area contributed by atoms with Crippen molar-refractivity contribution in [3.05, 3.63) is 59.2 Å². The Bertz CT molecular complexity index is 1570. The fourth-order valence-electron chi connectivity index (χ4n) is 5.33. The highest BCUT2D eigenvalue weighted by molar-refractivity contribution is 6.02. The zero-order valence-corrected chi connectivity index (χ0v) is 23.0. The zero-order valence-electron chi connectivity index (χ0n) is 23.0. The molecule has 0 amide bonds. The number of aryl methyl sites for hydroxylation is 1. The maximum atomic E-state index is 14.2. The van der Waals surface area contributed by atoms with Crippen molar-refractivity contribution in [1.29, 1.82) is 0 Å². The van der Waals surface area contributed by atoms with Crippen LogP contribution in [0.2, 0.25) is 0 Å². The number of nitrogens with zero attached hydrogens (tertiary/aromatic N) is 3. The van der Waals surface area contributed by atoms with E-state index >= 15 is 0 Å². The summed E-state index contributed by atoms with van der Waals surface area (Å²) in [5, 5.41) is 6.05. The molecule has 0 saturated heterocycles. The molecule has 2 heterocycles. The Kier molecular flexibility index (Phi) is 6.32. The first-order valence-corrected chi connectivity index (χ1v) is 13.1. The van der Waals surface area contributed by atoms with Gasteiger partial charge in [0, 0.05) is 28.1 Å². The fourth-order valence-corrected chi connectivity index (χ4v) is 5.33. The van der Waals surface area contributed by atoms with Gasteiger partial charge in [-0.3, -0.25) is 4.79 Å². The van der Waals surface area contributed by atoms with Gasteiger partial charge in [-0.25, -0.2) is 9.18 Å². The second kappa shape index (κ2) is 9.26. The third-order valence-electron chi connectivity index (χ3n) is 7.00. The minimum atomic E-state index is -0.667. The van der Waals surface area contributed by atoms with Gasteiger partial charge in [0.2, 0.25) is 0 Å². The highest BCUT2D eigenvalue weighted by Gasteiger charge is 2.48. The molecule has 1 aliphatic rings. The van der Waals surface area contributed by atoms with Crippen molar-refractivity contribution in [3.8, 4) is 5.69 Å². The van der Waals surface area contributed by atoms with Crippen LogP contribution in [-0.4, -0.2) is 38.6 Å². The molecule has 1 saturated carbocycles. The van der Waals surface area contributed by atoms with Crippen molar-refractivity contribution in [3.63, 3.8) is 0 Å². The van der Waals surface area contributed by atoms with Crippen molar-refractivity contribution in [1.82, 2.24) is 14.3 Å². The molecule has 38 heavy (non-hydrogen) atoms. The van der Waals surface area contributed by atoms with Gasteiger partial charge in [0.25, 0.3) is 0 Å². The zero-order chi connectivity index (χ0) is 27.5. The number of fused-ring (bicyclic) bond motifs is 2. The third-order valence-corrected chi connectivity index (χ3v) is 7.00. The normalized spacial score (nSPS) is 17.4. The molecular formula is C30H34FN3O4. The topological polar surface area (TPSA) is 75.4 Å². The molecule has 0 N–H and O–H groups in total. The molecule has 200 valence electrons. The van der Waals surface area contributed by atoms with Crippen molar-refractivity contribution < 1.29 is 23.5 Å². The van der Waals surface area contributed by atoms with Gasteiger partial charge in [0.1, 0.15) is 11.4 Å². The Morgan fingerprint density at radius 3 is 2.53 bits per heavy atom. The predicted molar refractivity (Wildman–Crippen MR) is 144 cm³/mol. The Hall–Kier alpha value is -3.68. The van der Waals surface area contributed by atoms with Gasteiger partial charge in [0.05, 0.1) is 29.8 Å². The van der Waals surface area contributed by atoms with Gasteiger partial charge in [-0.15, -0.1) is 0 Å². The lowest BCUT2D eigenvalue weighted by Gasteiger charge is -2.19. The van der Waals surface area contributed by atoms with Gasteiger partial charge in [0.15, 0.2) is 0 Å². The van der Waals surface area contributed by atoms with E-state index in [0.717, 1.165) is 33.2 Å². The molecule has 0 bridgehead atoms. The van der Waals surface area contributed by atoms with Crippen LogP contribution in [0, 0.1) is 18.7 Å². The van der Waals surface area contributed by atoms with Gasteiger partial charge in [-0.1, -0.05) is 13.8 Å². The van der Waals surface area contributed by atoms with Gasteiger partial charge in [-0.05, 0) is 88.4 Å². The summed E-state index contributed by atoms with van der Waals surface area (Å²) < 4.78 is 28.6. The molecule has 2 aromatic carbocycles. The van der Waals surface area contributed by atoms with Crippen LogP contribution >= 0.6 is 0 Å². The van der Waals surface area contributed by atoms with Crippen LogP contribution in [0.25, 0.3) is 27.5 Å². The van der Waals surface area contributed by atoms with Gasteiger partial charge in [-0.2, -0.15) is 9.78 Å². The molecule has 0 spiro atoms. The van der Waals surface area contributed by atoms with Crippen LogP contribution in [0.15, 0.2) is 36.5 Å². The summed E-state index contributed by atoms with van der Waals surface area (Å²) in [5.74, 6) is -0.565. The molecule has 2 atom stereocenters. The molecular weight excluding hydrogens is 485 g/mol. The summed E-state index contributed by atoms with van der Waals surface area (Å²) in [5.41, 5.74) is 4.40. The SMILES string of the molecule is CCOC(=O)[C@@H]1C[C@@H]1c1c(C(C)C)n(-c2ccc(F)c(C)c2)c2cc3cnn(C(=O)OC(C)(C)C)c3cc12. The number of carbonyl (C=O) groups excluding carboxylic acids is 2. The number of carbonyl (C=O) groups is 2. The largest absolute Gasteiger partial charge is 0.466 e. The Morgan fingerprint density at radius 2 is 1.89 bits per heavy atom. The Balaban J connectivity index is 1.78. The number of benzene rings is 2. The average molecular weight is 520 g/mol. The lowest BCUT2D eigenvalue weighted by atomic mass is 9.98. The Labute approximate surface area is 221 Å². The highest BCUT2D eigenvalue weighted by Crippen LogP contribution is 2.54. The summed E-state index contributed by atoms with van der Waals surface area (Å²) in [6.07, 6.45) is 1.80. The van der Waals surface area contributed by atoms with E-state index in [-0.39, 0.29) is 29.5 Å². The molecule has 2 aromatic heterocycles. The molecule has 7 nitrogen and oxygen atoms in total. The number of halogens is 1. The summed E-state index contributed by atoms with van der Waals surface area (Å²) in [6, 6.07) is 9.08. The molecule has 8 heteroatoms. The van der Waals surface area contributed by atoms with Crippen LogP contribution in [-0.2, 0) is 14.3 Å². The van der Waals surface area contributed by atoms with Crippen LogP contribution in [0.3, 0.4) is 0 Å². The number of aromatic nitrogens is 3. The van der Waals surface area contributed by atoms with Crippen LogP contribution in [0.4, 0.5) is 9.18 Å². The molecule has 4 aromatic rings. The average Bonchev–Trinajstić information content (AvgIpc) is 3.39. The number of ether oxygens (including phenoxy) is 2. The number of hydrogen-bond donors (Lipinski definition) is 0. The first-order chi connectivity index (χ1) is 17.9. The van der Waals surface area contributed by atoms with Gasteiger partial charge >= 0.3 is 12.1 Å². The van der Waals surface area contributed by atoms with Crippen molar-refractivity contribution >= 4 is 33.9 Å². The van der Waals surface area contributed by atoms with E-state index in [1.54, 1.807) is 19.2 Å². The fraction of sp³-hybridized carbons (Fsp3) is 0.433. The highest BCUT2D eigenvalue weighted by atomic mass is 19.1. The van der Waals surface area contributed by atoms with E-state index in [0.29, 0.717) is 24.1 Å². The second-order valence-corrected chi connectivity index (χ2v) is 11.4. The summed E-state index contributed by atoms with van der Waals surface area (Å²) in [4.78, 5) is 25.6. The van der Waals surface area contributed by atoms with Crippen LogP contribution in [0.1, 0.15) is 76.6 Å². The molecule has 1 aliphatic carbocycles. The van der Waals surface area contributed by atoms with E-state index in [1.807, 2.05) is 45.9 Å². The molecule has 0 radical (unpaired) electrons. The van der Waals surface area contributed by atoms with E-state index < -0.39 is 11.7 Å². The molecule has 0 unspecified atom stereocenters. The smallest absolute Gasteiger partial charge is 0.435 e. The first kappa shape index (κ1) is 25.9. The van der Waals surface area contributed by atoms with Crippen molar-refractivity contribution in [2.75, 3.05) is 6.61 Å². The minimum Gasteiger partial charge on any atom is -0.466 e. The predicted octanol–water partition coefficient (Wildman–Crippen LogP) is 7.00. The summed E-state index contributed by atoms with van der Waals surface area (Å²) in [7, 11) is 0. The van der Waals surface area contributed by atoms with Gasteiger partial charge < -0.3 is 14.0 Å². The molecule has 0 aliphatic heterocycles. The lowest BCUT2D eigenvalue weighted by molar-refractivity contribution is -0.144. The summed E-state index contributed by atoms with van der Waals surface area (Å²) >= 11 is 0.